The van der Waals surface area contributed by atoms with E-state index in [4.69, 9.17) is 0 Å². The van der Waals surface area contributed by atoms with Gasteiger partial charge in [0.05, 0.1) is 7.05 Å². The van der Waals surface area contributed by atoms with E-state index in [0.717, 1.165) is 11.3 Å². The lowest BCUT2D eigenvalue weighted by molar-refractivity contribution is 0.102. The maximum atomic E-state index is 11.6. The number of rotatable bonds is 3. The van der Waals surface area contributed by atoms with Crippen molar-refractivity contribution in [2.24, 2.45) is 7.05 Å². The zero-order valence-electron chi connectivity index (χ0n) is 8.50. The standard InChI is InChI=1S/C6H8N8OS/c1-7-6-11-9-4(16-6)3(15)8-5-10-13-14(2)12-5/h1-2H3,(H,7,11)(H,8,12,15). The maximum Gasteiger partial charge on any atom is 0.289 e. The van der Waals surface area contributed by atoms with Crippen LogP contribution in [0.5, 0.6) is 0 Å². The van der Waals surface area contributed by atoms with Crippen LogP contribution in [0, 0.1) is 0 Å². The third-order valence-electron chi connectivity index (χ3n) is 1.57. The number of aryl methyl sites for hydroxylation is 1. The van der Waals surface area contributed by atoms with Gasteiger partial charge < -0.3 is 5.32 Å². The van der Waals surface area contributed by atoms with Gasteiger partial charge in [0, 0.05) is 7.05 Å². The summed E-state index contributed by atoms with van der Waals surface area (Å²) in [7, 11) is 3.30. The molecule has 0 atom stereocenters. The van der Waals surface area contributed by atoms with Crippen molar-refractivity contribution in [3.63, 3.8) is 0 Å². The second-order valence-corrected chi connectivity index (χ2v) is 3.70. The van der Waals surface area contributed by atoms with Crippen molar-refractivity contribution in [3.05, 3.63) is 5.01 Å². The third-order valence-corrected chi connectivity index (χ3v) is 2.51. The van der Waals surface area contributed by atoms with Crippen LogP contribution in [-0.4, -0.2) is 43.4 Å². The quantitative estimate of drug-likeness (QED) is 0.733. The van der Waals surface area contributed by atoms with E-state index in [0.29, 0.717) is 5.13 Å². The molecule has 0 spiro atoms. The highest BCUT2D eigenvalue weighted by molar-refractivity contribution is 7.17. The van der Waals surface area contributed by atoms with Crippen LogP contribution in [0.15, 0.2) is 0 Å². The SMILES string of the molecule is CNc1nnc(C(=O)Nc2nnn(C)n2)s1. The maximum absolute atomic E-state index is 11.6. The van der Waals surface area contributed by atoms with Crippen LogP contribution in [0.3, 0.4) is 0 Å². The minimum Gasteiger partial charge on any atom is -0.363 e. The molecule has 0 saturated heterocycles. The van der Waals surface area contributed by atoms with Gasteiger partial charge in [0.1, 0.15) is 0 Å². The lowest BCUT2D eigenvalue weighted by Gasteiger charge is -1.93. The molecule has 2 heterocycles. The van der Waals surface area contributed by atoms with Crippen molar-refractivity contribution in [2.75, 3.05) is 17.7 Å². The summed E-state index contributed by atoms with van der Waals surface area (Å²) in [4.78, 5) is 12.8. The highest BCUT2D eigenvalue weighted by Gasteiger charge is 2.14. The molecule has 0 aliphatic heterocycles. The molecule has 0 aliphatic rings. The molecule has 2 aromatic heterocycles. The lowest BCUT2D eigenvalue weighted by atomic mass is 10.6. The molecule has 0 fully saturated rings. The number of hydrogen-bond donors (Lipinski definition) is 2. The van der Waals surface area contributed by atoms with Gasteiger partial charge in [-0.3, -0.25) is 10.1 Å². The van der Waals surface area contributed by atoms with Crippen LogP contribution in [-0.2, 0) is 7.05 Å². The molecule has 9 nitrogen and oxygen atoms in total. The minimum atomic E-state index is -0.410. The van der Waals surface area contributed by atoms with Gasteiger partial charge in [-0.05, 0) is 5.21 Å². The average molecular weight is 240 g/mol. The number of carbonyl (C=O) groups is 1. The molecule has 0 aromatic carbocycles. The molecular weight excluding hydrogens is 232 g/mol. The molecule has 0 aliphatic carbocycles. The third kappa shape index (κ3) is 2.11. The number of tetrazole rings is 1. The van der Waals surface area contributed by atoms with Crippen LogP contribution in [0.4, 0.5) is 11.1 Å². The Balaban J connectivity index is 2.08. The van der Waals surface area contributed by atoms with Gasteiger partial charge in [0.25, 0.3) is 11.9 Å². The Hall–Kier alpha value is -2.10. The Morgan fingerprint density at radius 3 is 2.75 bits per heavy atom. The van der Waals surface area contributed by atoms with Gasteiger partial charge in [-0.15, -0.1) is 15.3 Å². The summed E-state index contributed by atoms with van der Waals surface area (Å²) in [5, 5.41) is 24.5. The van der Waals surface area contributed by atoms with Gasteiger partial charge in [0.2, 0.25) is 10.1 Å². The first-order valence-corrected chi connectivity index (χ1v) is 5.07. The summed E-state index contributed by atoms with van der Waals surface area (Å²) >= 11 is 1.14. The normalized spacial score (nSPS) is 10.1. The number of anilines is 2. The van der Waals surface area contributed by atoms with E-state index in [2.05, 4.69) is 36.2 Å². The second-order valence-electron chi connectivity index (χ2n) is 2.72. The molecule has 0 saturated carbocycles. The lowest BCUT2D eigenvalue weighted by Crippen LogP contribution is -2.13. The van der Waals surface area contributed by atoms with Crippen molar-refractivity contribution in [1.82, 2.24) is 30.4 Å². The summed E-state index contributed by atoms with van der Waals surface area (Å²) in [6, 6.07) is 0. The average Bonchev–Trinajstić information content (AvgIpc) is 2.87. The van der Waals surface area contributed by atoms with E-state index in [1.807, 2.05) is 0 Å². The Kier molecular flexibility index (Phi) is 2.72. The first-order chi connectivity index (χ1) is 7.69. The first kappa shape index (κ1) is 10.4. The van der Waals surface area contributed by atoms with Crippen LogP contribution < -0.4 is 10.6 Å². The van der Waals surface area contributed by atoms with Gasteiger partial charge in [-0.2, -0.15) is 4.80 Å². The number of nitrogens with one attached hydrogen (secondary N) is 2. The van der Waals surface area contributed by atoms with Crippen molar-refractivity contribution in [2.45, 2.75) is 0 Å². The number of nitrogens with zero attached hydrogens (tertiary/aromatic N) is 6. The molecule has 0 unspecified atom stereocenters. The fraction of sp³-hybridized carbons (Fsp3) is 0.333. The van der Waals surface area contributed by atoms with Crippen LogP contribution in [0.25, 0.3) is 0 Å². The van der Waals surface area contributed by atoms with E-state index in [1.54, 1.807) is 14.1 Å². The van der Waals surface area contributed by atoms with E-state index >= 15 is 0 Å². The topological polar surface area (TPSA) is 111 Å². The Morgan fingerprint density at radius 2 is 2.19 bits per heavy atom. The van der Waals surface area contributed by atoms with Crippen molar-refractivity contribution in [3.8, 4) is 0 Å². The van der Waals surface area contributed by atoms with Crippen molar-refractivity contribution >= 4 is 28.3 Å². The molecule has 84 valence electrons. The van der Waals surface area contributed by atoms with Gasteiger partial charge in [-0.25, -0.2) is 0 Å². The zero-order chi connectivity index (χ0) is 11.5. The summed E-state index contributed by atoms with van der Waals surface area (Å²) < 4.78 is 0. The van der Waals surface area contributed by atoms with Crippen LogP contribution >= 0.6 is 11.3 Å². The van der Waals surface area contributed by atoms with Gasteiger partial charge in [0.15, 0.2) is 0 Å². The highest BCUT2D eigenvalue weighted by Crippen LogP contribution is 2.14. The summed E-state index contributed by atoms with van der Waals surface area (Å²) in [6.45, 7) is 0. The Labute approximate surface area is 93.9 Å². The van der Waals surface area contributed by atoms with Gasteiger partial charge >= 0.3 is 0 Å². The smallest absolute Gasteiger partial charge is 0.289 e. The first-order valence-electron chi connectivity index (χ1n) is 4.25. The van der Waals surface area contributed by atoms with Crippen molar-refractivity contribution < 1.29 is 4.79 Å². The molecule has 16 heavy (non-hydrogen) atoms. The highest BCUT2D eigenvalue weighted by atomic mass is 32.1. The number of hydrogen-bond acceptors (Lipinski definition) is 8. The molecule has 1 amide bonds. The summed E-state index contributed by atoms with van der Waals surface area (Å²) in [6.07, 6.45) is 0. The number of aromatic nitrogens is 6. The second kappa shape index (κ2) is 4.18. The van der Waals surface area contributed by atoms with Crippen LogP contribution in [0.1, 0.15) is 9.80 Å². The minimum absolute atomic E-state index is 0.133. The molecular formula is C6H8N8OS. The monoisotopic (exact) mass is 240 g/mol. The van der Waals surface area contributed by atoms with E-state index in [1.165, 1.54) is 4.80 Å². The van der Waals surface area contributed by atoms with E-state index in [9.17, 15) is 4.79 Å². The zero-order valence-corrected chi connectivity index (χ0v) is 9.32. The molecule has 2 aromatic rings. The molecule has 2 rings (SSSR count). The van der Waals surface area contributed by atoms with Crippen molar-refractivity contribution in [1.29, 1.82) is 0 Å². The number of amides is 1. The Bertz CT molecular complexity index is 504. The molecule has 2 N–H and O–H groups in total. The largest absolute Gasteiger partial charge is 0.363 e. The molecule has 0 bridgehead atoms. The fourth-order valence-electron chi connectivity index (χ4n) is 0.905. The summed E-state index contributed by atoms with van der Waals surface area (Å²) in [5.74, 6) is -0.277. The van der Waals surface area contributed by atoms with E-state index in [-0.39, 0.29) is 11.0 Å². The van der Waals surface area contributed by atoms with Gasteiger partial charge in [-0.1, -0.05) is 16.4 Å². The van der Waals surface area contributed by atoms with Crippen LogP contribution in [0.2, 0.25) is 0 Å². The predicted octanol–water partition coefficient (Wildman–Crippen LogP) is -0.644. The molecule has 0 radical (unpaired) electrons. The number of carbonyl (C=O) groups excluding carboxylic acids is 1. The van der Waals surface area contributed by atoms with E-state index < -0.39 is 5.91 Å². The Morgan fingerprint density at radius 1 is 1.38 bits per heavy atom. The fourth-order valence-corrected chi connectivity index (χ4v) is 1.50. The predicted molar refractivity (Wildman–Crippen MR) is 56.2 cm³/mol. The molecule has 10 heteroatoms. The summed E-state index contributed by atoms with van der Waals surface area (Å²) in [5.41, 5.74) is 0.